The fourth-order valence-corrected chi connectivity index (χ4v) is 12.1. The van der Waals surface area contributed by atoms with Gasteiger partial charge in [-0.05, 0) is 225 Å². The lowest BCUT2D eigenvalue weighted by atomic mass is 9.83. The highest BCUT2D eigenvalue weighted by Crippen LogP contribution is 2.56. The molecule has 2 aliphatic rings. The molecule has 2 aromatic heterocycles. The lowest BCUT2D eigenvalue weighted by molar-refractivity contribution is 1.30. The summed E-state index contributed by atoms with van der Waals surface area (Å²) in [5, 5.41) is 22.2. The summed E-state index contributed by atoms with van der Waals surface area (Å²) in [4.78, 5) is 12.4. The number of pyridine rings is 2. The van der Waals surface area contributed by atoms with E-state index in [1.54, 1.807) is 24.8 Å². The quantitative estimate of drug-likeness (QED) is 0.131. The van der Waals surface area contributed by atoms with Crippen molar-refractivity contribution in [1.29, 1.82) is 5.26 Å². The zero-order valence-corrected chi connectivity index (χ0v) is 39.0. The van der Waals surface area contributed by atoms with Crippen LogP contribution in [0.4, 0.5) is 5.69 Å². The number of aromatic nitrogens is 2. The molecule has 4 nitrogen and oxygen atoms in total. The SMILES string of the molecule is [C-]#[N+]c1cnccc1-c1ccc2c3c(cccc13)-c1cc3c(cc1-2)c(-c1cc(C)ccc1C)cc1c2cc4c(cc2c(-c2cc(C)ccc2C)cc31)-c1ccc(-c2ccncc2C#N)c2cccc-4c12. The third kappa shape index (κ3) is 5.51. The summed E-state index contributed by atoms with van der Waals surface area (Å²) >= 11 is 0. The number of benzene rings is 10. The van der Waals surface area contributed by atoms with Gasteiger partial charge in [0.1, 0.15) is 6.07 Å². The zero-order valence-electron chi connectivity index (χ0n) is 39.0. The molecule has 324 valence electrons. The maximum atomic E-state index is 10.1. The minimum absolute atomic E-state index is 0.552. The van der Waals surface area contributed by atoms with Crippen LogP contribution in [-0.4, -0.2) is 9.97 Å². The molecule has 0 amide bonds. The second-order valence-corrected chi connectivity index (χ2v) is 19.3. The molecule has 0 unspecified atom stereocenters. The largest absolute Gasteiger partial charge is 0.276 e. The number of nitriles is 1. The van der Waals surface area contributed by atoms with Crippen LogP contribution in [0.25, 0.3) is 148 Å². The average Bonchev–Trinajstić information content (AvgIpc) is 3.89. The van der Waals surface area contributed by atoms with E-state index in [1.165, 1.54) is 132 Å². The Labute approximate surface area is 405 Å². The zero-order chi connectivity index (χ0) is 47.1. The van der Waals surface area contributed by atoms with Gasteiger partial charge in [0.05, 0.1) is 12.1 Å². The Morgan fingerprint density at radius 3 is 1.31 bits per heavy atom. The van der Waals surface area contributed by atoms with Gasteiger partial charge in [-0.2, -0.15) is 5.26 Å². The number of rotatable bonds is 4. The Balaban J connectivity index is 1.11. The molecule has 0 radical (unpaired) electrons. The Morgan fingerprint density at radius 1 is 0.371 bits per heavy atom. The van der Waals surface area contributed by atoms with Crippen molar-refractivity contribution in [2.45, 2.75) is 27.7 Å². The minimum atomic E-state index is 0.552. The van der Waals surface area contributed by atoms with Crippen molar-refractivity contribution in [2.24, 2.45) is 0 Å². The van der Waals surface area contributed by atoms with Crippen LogP contribution >= 0.6 is 0 Å². The predicted octanol–water partition coefficient (Wildman–Crippen LogP) is 17.9. The van der Waals surface area contributed by atoms with Crippen molar-refractivity contribution in [2.75, 3.05) is 0 Å². The molecule has 14 rings (SSSR count). The molecule has 0 fully saturated rings. The highest BCUT2D eigenvalue weighted by Gasteiger charge is 2.29. The van der Waals surface area contributed by atoms with Gasteiger partial charge in [0.15, 0.2) is 0 Å². The van der Waals surface area contributed by atoms with Crippen molar-refractivity contribution >= 4 is 59.5 Å². The topological polar surface area (TPSA) is 53.9 Å². The molecule has 2 aliphatic carbocycles. The van der Waals surface area contributed by atoms with E-state index in [0.717, 1.165) is 33.0 Å². The number of nitrogens with zero attached hydrogens (tertiary/aromatic N) is 4. The number of aryl methyl sites for hydroxylation is 4. The first kappa shape index (κ1) is 39.9. The first-order chi connectivity index (χ1) is 34.3. The van der Waals surface area contributed by atoms with Crippen LogP contribution in [0.2, 0.25) is 0 Å². The fourth-order valence-electron chi connectivity index (χ4n) is 12.1. The Morgan fingerprint density at radius 2 is 0.800 bits per heavy atom. The van der Waals surface area contributed by atoms with Crippen LogP contribution in [-0.2, 0) is 0 Å². The van der Waals surface area contributed by atoms with Crippen molar-refractivity contribution in [3.8, 4) is 95.1 Å². The van der Waals surface area contributed by atoms with E-state index in [1.807, 2.05) is 12.1 Å². The van der Waals surface area contributed by atoms with E-state index in [4.69, 9.17) is 6.57 Å². The summed E-state index contributed by atoms with van der Waals surface area (Å²) < 4.78 is 0. The normalized spacial score (nSPS) is 12.0. The standard InChI is InChI=1S/C66H40N4/c1-35-12-14-37(3)50(24-35)56-30-63-61-27-53-47-11-7-9-45-42(43-21-23-70-34-64(43)68-5)17-19-49(66(45)47)55(53)29-59(61)57(51-25-36(2)13-15-38(51)4)31-62(63)60-26-52-46-10-6-8-44-41(40-20-22-69-33-39(40)32-67)16-18-48(65(44)46)54(52)28-58(56)60/h6-31,33-34H,1-4H3. The van der Waals surface area contributed by atoms with Crippen LogP contribution in [0, 0.1) is 45.6 Å². The third-order valence-electron chi connectivity index (χ3n) is 15.4. The van der Waals surface area contributed by atoms with Gasteiger partial charge in [-0.15, -0.1) is 0 Å². The van der Waals surface area contributed by atoms with E-state index in [2.05, 4.69) is 182 Å². The first-order valence-corrected chi connectivity index (χ1v) is 23.8. The van der Waals surface area contributed by atoms with E-state index in [0.29, 0.717) is 11.3 Å². The predicted molar refractivity (Wildman–Crippen MR) is 290 cm³/mol. The Hall–Kier alpha value is -9.22. The molecule has 10 aromatic carbocycles. The molecule has 70 heavy (non-hydrogen) atoms. The van der Waals surface area contributed by atoms with Crippen molar-refractivity contribution in [3.05, 3.63) is 210 Å². The highest BCUT2D eigenvalue weighted by atomic mass is 14.7. The second-order valence-electron chi connectivity index (χ2n) is 19.3. The molecule has 0 saturated heterocycles. The van der Waals surface area contributed by atoms with E-state index in [-0.39, 0.29) is 0 Å². The molecule has 0 N–H and O–H groups in total. The van der Waals surface area contributed by atoms with Crippen molar-refractivity contribution in [1.82, 2.24) is 9.97 Å². The molecule has 12 aromatic rings. The molecule has 4 heteroatoms. The lowest BCUT2D eigenvalue weighted by Crippen LogP contribution is -1.94. The van der Waals surface area contributed by atoms with Crippen molar-refractivity contribution in [3.63, 3.8) is 0 Å². The number of hydrogen-bond donors (Lipinski definition) is 0. The van der Waals surface area contributed by atoms with Gasteiger partial charge in [-0.1, -0.05) is 108 Å². The lowest BCUT2D eigenvalue weighted by Gasteiger charge is -2.20. The van der Waals surface area contributed by atoms with Gasteiger partial charge in [-0.3, -0.25) is 9.97 Å². The van der Waals surface area contributed by atoms with Crippen LogP contribution < -0.4 is 0 Å². The van der Waals surface area contributed by atoms with Crippen LogP contribution in [0.15, 0.2) is 170 Å². The van der Waals surface area contributed by atoms with Crippen LogP contribution in [0.5, 0.6) is 0 Å². The number of hydrogen-bond acceptors (Lipinski definition) is 3. The molecule has 0 bridgehead atoms. The summed E-state index contributed by atoms with van der Waals surface area (Å²) in [5.74, 6) is 0. The minimum Gasteiger partial charge on any atom is -0.276 e. The first-order valence-electron chi connectivity index (χ1n) is 23.8. The molecule has 0 spiro atoms. The summed E-state index contributed by atoms with van der Waals surface area (Å²) in [6, 6.07) is 57.0. The highest BCUT2D eigenvalue weighted by molar-refractivity contribution is 6.30. The second kappa shape index (κ2) is 14.6. The van der Waals surface area contributed by atoms with Gasteiger partial charge in [0, 0.05) is 30.4 Å². The van der Waals surface area contributed by atoms with E-state index in [9.17, 15) is 5.26 Å². The summed E-state index contributed by atoms with van der Waals surface area (Å²) in [6.07, 6.45) is 6.89. The Bertz CT molecular complexity index is 4200. The van der Waals surface area contributed by atoms with Gasteiger partial charge in [0.2, 0.25) is 5.69 Å². The Kier molecular flexibility index (Phi) is 8.34. The maximum Gasteiger partial charge on any atom is 0.212 e. The summed E-state index contributed by atoms with van der Waals surface area (Å²) in [5.41, 5.74) is 24.5. The van der Waals surface area contributed by atoms with Gasteiger partial charge >= 0.3 is 0 Å². The summed E-state index contributed by atoms with van der Waals surface area (Å²) in [6.45, 7) is 16.8. The molecule has 0 aliphatic heterocycles. The van der Waals surface area contributed by atoms with Gasteiger partial charge in [0.25, 0.3) is 0 Å². The molecule has 0 saturated carbocycles. The van der Waals surface area contributed by atoms with Crippen molar-refractivity contribution < 1.29 is 0 Å². The average molecular weight is 889 g/mol. The van der Waals surface area contributed by atoms with E-state index < -0.39 is 0 Å². The smallest absolute Gasteiger partial charge is 0.212 e. The third-order valence-corrected chi connectivity index (χ3v) is 15.4. The molecule has 0 atom stereocenters. The van der Waals surface area contributed by atoms with Gasteiger partial charge < -0.3 is 0 Å². The van der Waals surface area contributed by atoms with E-state index >= 15 is 0 Å². The van der Waals surface area contributed by atoms with Crippen LogP contribution in [0.1, 0.15) is 27.8 Å². The molecule has 2 heterocycles. The molecular formula is C66H40N4. The van der Waals surface area contributed by atoms with Gasteiger partial charge in [-0.25, -0.2) is 4.85 Å². The number of fused-ring (bicyclic) bond motifs is 11. The summed E-state index contributed by atoms with van der Waals surface area (Å²) in [7, 11) is 0. The maximum absolute atomic E-state index is 10.1. The molecular weight excluding hydrogens is 849 g/mol. The monoisotopic (exact) mass is 888 g/mol. The van der Waals surface area contributed by atoms with Crippen LogP contribution in [0.3, 0.4) is 0 Å². The fraction of sp³-hybridized carbons (Fsp3) is 0.0606.